The molecule has 9 nitrogen and oxygen atoms in total. The summed E-state index contributed by atoms with van der Waals surface area (Å²) >= 11 is 0. The highest BCUT2D eigenvalue weighted by Gasteiger charge is 2.29. The average molecular weight is 344 g/mol. The number of sulfonamides is 1. The van der Waals surface area contributed by atoms with Crippen molar-refractivity contribution >= 4 is 21.7 Å². The summed E-state index contributed by atoms with van der Waals surface area (Å²) in [6.07, 6.45) is 1.53. The largest absolute Gasteiger partial charge is 0.475 e. The van der Waals surface area contributed by atoms with Gasteiger partial charge in [-0.15, -0.1) is 0 Å². The van der Waals surface area contributed by atoms with Gasteiger partial charge in [0.25, 0.3) is 0 Å². The molecule has 0 radical (unpaired) electrons. The highest BCUT2D eigenvalue weighted by Crippen LogP contribution is 2.31. The molecule has 0 unspecified atom stereocenters. The molecule has 10 heteroatoms. The second-order valence-corrected chi connectivity index (χ2v) is 6.80. The van der Waals surface area contributed by atoms with Gasteiger partial charge >= 0.3 is 11.7 Å². The predicted molar refractivity (Wildman–Crippen MR) is 78.6 cm³/mol. The molecule has 1 heterocycles. The Balaban J connectivity index is 2.32. The van der Waals surface area contributed by atoms with E-state index in [2.05, 4.69) is 4.74 Å². The third kappa shape index (κ3) is 3.77. The molecule has 1 saturated heterocycles. The Morgan fingerprint density at radius 3 is 2.57 bits per heavy atom. The van der Waals surface area contributed by atoms with Crippen molar-refractivity contribution in [1.82, 2.24) is 4.31 Å². The van der Waals surface area contributed by atoms with Crippen LogP contribution in [0.2, 0.25) is 0 Å². The van der Waals surface area contributed by atoms with Gasteiger partial charge < -0.3 is 9.47 Å². The van der Waals surface area contributed by atoms with E-state index in [9.17, 15) is 23.3 Å². The molecule has 1 fully saturated rings. The van der Waals surface area contributed by atoms with Crippen LogP contribution in [0.3, 0.4) is 0 Å². The molecule has 1 aliphatic rings. The number of carbonyl (C=O) groups excluding carboxylic acids is 1. The third-order valence-corrected chi connectivity index (χ3v) is 5.30. The molecule has 1 aromatic rings. The van der Waals surface area contributed by atoms with Crippen LogP contribution in [0.15, 0.2) is 23.1 Å². The molecule has 0 aromatic heterocycles. The van der Waals surface area contributed by atoms with Crippen LogP contribution in [-0.4, -0.2) is 50.4 Å². The van der Waals surface area contributed by atoms with Crippen molar-refractivity contribution in [3.63, 3.8) is 0 Å². The highest BCUT2D eigenvalue weighted by atomic mass is 32.2. The lowest BCUT2D eigenvalue weighted by molar-refractivity contribution is -0.386. The summed E-state index contributed by atoms with van der Waals surface area (Å²) in [5, 5.41) is 11.1. The predicted octanol–water partition coefficient (Wildman–Crippen LogP) is 0.931. The van der Waals surface area contributed by atoms with Crippen molar-refractivity contribution in [3.8, 4) is 5.75 Å². The quantitative estimate of drug-likeness (QED) is 0.428. The summed E-state index contributed by atoms with van der Waals surface area (Å²) in [4.78, 5) is 21.3. The average Bonchev–Trinajstić information content (AvgIpc) is 3.07. The van der Waals surface area contributed by atoms with E-state index in [0.717, 1.165) is 26.0 Å². The maximum absolute atomic E-state index is 12.4. The van der Waals surface area contributed by atoms with E-state index in [0.29, 0.717) is 13.1 Å². The number of hydrogen-bond donors (Lipinski definition) is 0. The zero-order valence-electron chi connectivity index (χ0n) is 12.4. The second kappa shape index (κ2) is 6.92. The molecule has 0 atom stereocenters. The Morgan fingerprint density at radius 1 is 1.35 bits per heavy atom. The van der Waals surface area contributed by atoms with Crippen molar-refractivity contribution in [2.45, 2.75) is 17.7 Å². The molecule has 126 valence electrons. The molecule has 0 saturated carbocycles. The first-order chi connectivity index (χ1) is 10.9. The molecule has 1 aliphatic heterocycles. The van der Waals surface area contributed by atoms with Crippen LogP contribution in [0.4, 0.5) is 5.69 Å². The molecule has 0 bridgehead atoms. The maximum atomic E-state index is 12.4. The van der Waals surface area contributed by atoms with Crippen LogP contribution in [0, 0.1) is 10.1 Å². The molecule has 0 N–H and O–H groups in total. The van der Waals surface area contributed by atoms with Crippen molar-refractivity contribution in [2.75, 3.05) is 26.8 Å². The van der Waals surface area contributed by atoms with E-state index < -0.39 is 33.2 Å². The fraction of sp³-hybridized carbons (Fsp3) is 0.462. The number of rotatable bonds is 6. The third-order valence-electron chi connectivity index (χ3n) is 3.40. The van der Waals surface area contributed by atoms with Crippen LogP contribution in [0.5, 0.6) is 5.75 Å². The van der Waals surface area contributed by atoms with Crippen LogP contribution in [0.25, 0.3) is 0 Å². The van der Waals surface area contributed by atoms with Gasteiger partial charge in [-0.3, -0.25) is 10.1 Å². The molecule has 0 aliphatic carbocycles. The molecule has 0 spiro atoms. The van der Waals surface area contributed by atoms with Gasteiger partial charge in [0.15, 0.2) is 12.4 Å². The monoisotopic (exact) mass is 344 g/mol. The zero-order valence-corrected chi connectivity index (χ0v) is 13.2. The Labute approximate surface area is 133 Å². The van der Waals surface area contributed by atoms with Gasteiger partial charge in [-0.25, -0.2) is 13.2 Å². The number of nitrogens with zero attached hydrogens (tertiary/aromatic N) is 2. The summed E-state index contributed by atoms with van der Waals surface area (Å²) in [5.74, 6) is -0.895. The van der Waals surface area contributed by atoms with Crippen LogP contribution in [-0.2, 0) is 19.6 Å². The number of hydrogen-bond acceptors (Lipinski definition) is 7. The van der Waals surface area contributed by atoms with E-state index in [-0.39, 0.29) is 10.6 Å². The SMILES string of the molecule is COC(=O)COc1ccc(S(=O)(=O)N2CCCC2)cc1[N+](=O)[O-]. The fourth-order valence-corrected chi connectivity index (χ4v) is 3.73. The van der Waals surface area contributed by atoms with Gasteiger partial charge in [-0.05, 0) is 25.0 Å². The van der Waals surface area contributed by atoms with E-state index >= 15 is 0 Å². The number of carbonyl (C=O) groups is 1. The molecular weight excluding hydrogens is 328 g/mol. The van der Waals surface area contributed by atoms with Crippen molar-refractivity contribution in [3.05, 3.63) is 28.3 Å². The number of ether oxygens (including phenoxy) is 2. The number of nitro groups is 1. The summed E-state index contributed by atoms with van der Waals surface area (Å²) in [5.41, 5.74) is -0.519. The smallest absolute Gasteiger partial charge is 0.343 e. The van der Waals surface area contributed by atoms with Crippen molar-refractivity contribution in [1.29, 1.82) is 0 Å². The fourth-order valence-electron chi connectivity index (χ4n) is 2.20. The number of nitro benzene ring substituents is 1. The van der Waals surface area contributed by atoms with E-state index in [1.54, 1.807) is 0 Å². The summed E-state index contributed by atoms with van der Waals surface area (Å²) in [6.45, 7) is 0.295. The van der Waals surface area contributed by atoms with E-state index in [1.165, 1.54) is 16.4 Å². The minimum Gasteiger partial charge on any atom is -0.475 e. The van der Waals surface area contributed by atoms with Gasteiger partial charge in [0.2, 0.25) is 10.0 Å². The van der Waals surface area contributed by atoms with Crippen molar-refractivity contribution in [2.24, 2.45) is 0 Å². The highest BCUT2D eigenvalue weighted by molar-refractivity contribution is 7.89. The summed E-state index contributed by atoms with van der Waals surface area (Å²) in [6, 6.07) is 3.34. The van der Waals surface area contributed by atoms with E-state index in [1.807, 2.05) is 0 Å². The normalized spacial score (nSPS) is 15.3. The minimum atomic E-state index is -3.77. The molecule has 1 aromatic carbocycles. The standard InChI is InChI=1S/C13H16N2O7S/c1-21-13(16)9-22-12-5-4-10(8-11(12)15(17)18)23(19,20)14-6-2-3-7-14/h4-5,8H,2-3,6-7,9H2,1H3. The number of esters is 1. The van der Waals surface area contributed by atoms with Crippen LogP contribution in [0.1, 0.15) is 12.8 Å². The first-order valence-corrected chi connectivity index (χ1v) is 8.28. The summed E-state index contributed by atoms with van der Waals surface area (Å²) in [7, 11) is -2.61. The van der Waals surface area contributed by atoms with Crippen LogP contribution < -0.4 is 4.74 Å². The lowest BCUT2D eigenvalue weighted by Crippen LogP contribution is -2.27. The van der Waals surface area contributed by atoms with E-state index in [4.69, 9.17) is 4.74 Å². The second-order valence-electron chi connectivity index (χ2n) is 4.86. The Kier molecular flexibility index (Phi) is 5.16. The van der Waals surface area contributed by atoms with Crippen LogP contribution >= 0.6 is 0 Å². The minimum absolute atomic E-state index is 0.170. The molecule has 23 heavy (non-hydrogen) atoms. The number of methoxy groups -OCH3 is 1. The van der Waals surface area contributed by atoms with Gasteiger partial charge in [0.1, 0.15) is 0 Å². The first kappa shape index (κ1) is 17.2. The maximum Gasteiger partial charge on any atom is 0.343 e. The lowest BCUT2D eigenvalue weighted by atomic mass is 10.3. The zero-order chi connectivity index (χ0) is 17.0. The van der Waals surface area contributed by atoms with Gasteiger partial charge in [-0.1, -0.05) is 0 Å². The van der Waals surface area contributed by atoms with Gasteiger partial charge in [0, 0.05) is 19.2 Å². The van der Waals surface area contributed by atoms with Gasteiger partial charge in [0.05, 0.1) is 16.9 Å². The van der Waals surface area contributed by atoms with Crippen molar-refractivity contribution < 1.29 is 27.6 Å². The van der Waals surface area contributed by atoms with Gasteiger partial charge in [-0.2, -0.15) is 4.31 Å². The number of benzene rings is 1. The molecule has 2 rings (SSSR count). The summed E-state index contributed by atoms with van der Waals surface area (Å²) < 4.78 is 35.5. The lowest BCUT2D eigenvalue weighted by Gasteiger charge is -2.15. The Morgan fingerprint density at radius 2 is 2.00 bits per heavy atom. The Bertz CT molecular complexity index is 711. The molecule has 0 amide bonds. The Hall–Kier alpha value is -2.20. The molecular formula is C13H16N2O7S. The first-order valence-electron chi connectivity index (χ1n) is 6.84. The topological polar surface area (TPSA) is 116 Å².